The first-order valence-corrected chi connectivity index (χ1v) is 11.0. The summed E-state index contributed by atoms with van der Waals surface area (Å²) in [6.45, 7) is 11.0. The highest BCUT2D eigenvalue weighted by Gasteiger charge is 2.66. The van der Waals surface area contributed by atoms with Crippen molar-refractivity contribution in [2.75, 3.05) is 13.2 Å². The van der Waals surface area contributed by atoms with Gasteiger partial charge < -0.3 is 20.1 Å². The zero-order valence-corrected chi connectivity index (χ0v) is 18.5. The Morgan fingerprint density at radius 3 is 2.52 bits per heavy atom. The molecule has 29 heavy (non-hydrogen) atoms. The van der Waals surface area contributed by atoms with Crippen LogP contribution in [0.5, 0.6) is 0 Å². The van der Waals surface area contributed by atoms with Crippen LogP contribution in [0, 0.1) is 34.5 Å². The SMILES string of the molecule is CC(C)=C1C(C)(C)C1(C)C(O)C=C[C@H]1[C@@H]2CC(CCOCC(=O)O)C[C@H]2C[C@@H]1O. The van der Waals surface area contributed by atoms with Gasteiger partial charge in [-0.05, 0) is 62.7 Å². The minimum absolute atomic E-state index is 0.000817. The van der Waals surface area contributed by atoms with Crippen molar-refractivity contribution in [2.24, 2.45) is 34.5 Å². The molecule has 3 N–H and O–H groups in total. The van der Waals surface area contributed by atoms with Crippen LogP contribution in [0.4, 0.5) is 0 Å². The van der Waals surface area contributed by atoms with E-state index in [4.69, 9.17) is 9.84 Å². The van der Waals surface area contributed by atoms with Crippen molar-refractivity contribution in [3.05, 3.63) is 23.3 Å². The van der Waals surface area contributed by atoms with Gasteiger partial charge in [-0.3, -0.25) is 0 Å². The van der Waals surface area contributed by atoms with Crippen LogP contribution in [0.15, 0.2) is 23.3 Å². The van der Waals surface area contributed by atoms with Gasteiger partial charge in [0, 0.05) is 17.9 Å². The molecule has 3 unspecified atom stereocenters. The summed E-state index contributed by atoms with van der Waals surface area (Å²) >= 11 is 0. The van der Waals surface area contributed by atoms with Crippen molar-refractivity contribution in [3.8, 4) is 0 Å². The molecule has 0 bridgehead atoms. The molecule has 3 saturated carbocycles. The molecule has 7 atom stereocenters. The lowest BCUT2D eigenvalue weighted by atomic mass is 9.87. The highest BCUT2D eigenvalue weighted by Crippen LogP contribution is 2.71. The summed E-state index contributed by atoms with van der Waals surface area (Å²) in [6.07, 6.45) is 6.96. The predicted octanol–water partition coefficient (Wildman–Crippen LogP) is 3.80. The third kappa shape index (κ3) is 4.06. The highest BCUT2D eigenvalue weighted by molar-refractivity contribution is 5.67. The largest absolute Gasteiger partial charge is 0.480 e. The molecule has 0 aromatic heterocycles. The smallest absolute Gasteiger partial charge is 0.329 e. The molecular weight excluding hydrogens is 368 g/mol. The van der Waals surface area contributed by atoms with Crippen LogP contribution in [0.2, 0.25) is 0 Å². The molecule has 5 heteroatoms. The second kappa shape index (κ2) is 8.16. The van der Waals surface area contributed by atoms with Gasteiger partial charge >= 0.3 is 5.97 Å². The van der Waals surface area contributed by atoms with E-state index in [0.717, 1.165) is 25.7 Å². The van der Waals surface area contributed by atoms with Crippen molar-refractivity contribution in [2.45, 2.75) is 72.5 Å². The van der Waals surface area contributed by atoms with E-state index < -0.39 is 12.1 Å². The Morgan fingerprint density at radius 1 is 1.24 bits per heavy atom. The summed E-state index contributed by atoms with van der Waals surface area (Å²) < 4.78 is 5.20. The van der Waals surface area contributed by atoms with Gasteiger partial charge in [0.15, 0.2) is 0 Å². The Labute approximate surface area is 174 Å². The average molecular weight is 407 g/mol. The number of carboxylic acid groups (broad SMARTS) is 1. The molecule has 3 aliphatic carbocycles. The first-order chi connectivity index (χ1) is 13.5. The number of aliphatic hydroxyl groups is 2. The monoisotopic (exact) mass is 406 g/mol. The quantitative estimate of drug-likeness (QED) is 0.422. The van der Waals surface area contributed by atoms with Gasteiger partial charge in [-0.25, -0.2) is 4.79 Å². The number of carboxylic acids is 1. The van der Waals surface area contributed by atoms with Crippen LogP contribution in [-0.4, -0.2) is 46.7 Å². The minimum Gasteiger partial charge on any atom is -0.480 e. The lowest BCUT2D eigenvalue weighted by Crippen LogP contribution is -2.23. The fourth-order valence-electron chi connectivity index (χ4n) is 6.65. The van der Waals surface area contributed by atoms with E-state index in [1.807, 2.05) is 6.08 Å². The third-order valence-corrected chi connectivity index (χ3v) is 8.21. The number of fused-ring (bicyclic) bond motifs is 1. The minimum atomic E-state index is -0.927. The Morgan fingerprint density at radius 2 is 1.93 bits per heavy atom. The molecule has 3 rings (SSSR count). The summed E-state index contributed by atoms with van der Waals surface area (Å²) in [5.41, 5.74) is 2.40. The lowest BCUT2D eigenvalue weighted by molar-refractivity contribution is -0.142. The van der Waals surface area contributed by atoms with Gasteiger partial charge in [0.25, 0.3) is 0 Å². The molecule has 164 valence electrons. The van der Waals surface area contributed by atoms with Crippen molar-refractivity contribution in [3.63, 3.8) is 0 Å². The van der Waals surface area contributed by atoms with Crippen LogP contribution >= 0.6 is 0 Å². The van der Waals surface area contributed by atoms with E-state index in [-0.39, 0.29) is 29.5 Å². The number of ether oxygens (including phenoxy) is 1. The summed E-state index contributed by atoms with van der Waals surface area (Å²) in [5, 5.41) is 30.2. The van der Waals surface area contributed by atoms with Gasteiger partial charge in [-0.1, -0.05) is 44.1 Å². The zero-order chi connectivity index (χ0) is 21.6. The lowest BCUT2D eigenvalue weighted by Gasteiger charge is -2.22. The van der Waals surface area contributed by atoms with Gasteiger partial charge in [-0.15, -0.1) is 0 Å². The fourth-order valence-corrected chi connectivity index (χ4v) is 6.65. The van der Waals surface area contributed by atoms with Crippen LogP contribution in [0.1, 0.15) is 60.3 Å². The Kier molecular flexibility index (Phi) is 6.34. The summed E-state index contributed by atoms with van der Waals surface area (Å²) in [7, 11) is 0. The standard InChI is InChI=1S/C24H38O5/c1-14(2)22-23(3,4)24(22,5)20(26)7-6-17-18-11-15(8-9-29-13-21(27)28)10-16(18)12-19(17)25/h6-7,15-20,25-26H,8-13H2,1-5H3,(H,27,28)/t15?,16-,17-,18+,19-,20?,24?/m0/s1. The first-order valence-electron chi connectivity index (χ1n) is 11.0. The van der Waals surface area contributed by atoms with Gasteiger partial charge in [-0.2, -0.15) is 0 Å². The molecular formula is C24H38O5. The van der Waals surface area contributed by atoms with Crippen molar-refractivity contribution < 1.29 is 24.9 Å². The number of carbonyl (C=O) groups is 1. The molecule has 0 heterocycles. The molecule has 0 radical (unpaired) electrons. The maximum atomic E-state index is 11.0. The number of allylic oxidation sites excluding steroid dienone is 1. The second-order valence-electron chi connectivity index (χ2n) is 10.4. The summed E-state index contributed by atoms with van der Waals surface area (Å²) in [4.78, 5) is 10.5. The number of hydrogen-bond donors (Lipinski definition) is 3. The molecule has 0 spiro atoms. The first kappa shape index (κ1) is 22.5. The van der Waals surface area contributed by atoms with Gasteiger partial charge in [0.2, 0.25) is 0 Å². The van der Waals surface area contributed by atoms with Crippen molar-refractivity contribution in [1.29, 1.82) is 0 Å². The molecule has 0 aliphatic heterocycles. The van der Waals surface area contributed by atoms with E-state index in [9.17, 15) is 15.0 Å². The maximum Gasteiger partial charge on any atom is 0.329 e. The molecule has 0 saturated heterocycles. The van der Waals surface area contributed by atoms with Gasteiger partial charge in [0.1, 0.15) is 6.61 Å². The maximum absolute atomic E-state index is 11.0. The van der Waals surface area contributed by atoms with Crippen molar-refractivity contribution >= 4 is 5.97 Å². The van der Waals surface area contributed by atoms with Crippen LogP contribution in [0.3, 0.4) is 0 Å². The Bertz CT molecular complexity index is 689. The number of aliphatic carboxylic acids is 1. The van der Waals surface area contributed by atoms with E-state index in [1.165, 1.54) is 11.1 Å². The highest BCUT2D eigenvalue weighted by atomic mass is 16.5. The average Bonchev–Trinajstić information content (AvgIpc) is 2.88. The molecule has 0 aromatic carbocycles. The second-order valence-corrected chi connectivity index (χ2v) is 10.4. The normalized spacial score (nSPS) is 39.0. The van der Waals surface area contributed by atoms with Crippen molar-refractivity contribution in [1.82, 2.24) is 0 Å². The molecule has 3 fully saturated rings. The Balaban J connectivity index is 1.59. The van der Waals surface area contributed by atoms with E-state index in [0.29, 0.717) is 24.4 Å². The number of rotatable bonds is 8. The van der Waals surface area contributed by atoms with Crippen LogP contribution < -0.4 is 0 Å². The van der Waals surface area contributed by atoms with E-state index in [2.05, 4.69) is 40.7 Å². The summed E-state index contributed by atoms with van der Waals surface area (Å²) in [6, 6.07) is 0. The zero-order valence-electron chi connectivity index (χ0n) is 18.5. The van der Waals surface area contributed by atoms with Crippen LogP contribution in [0.25, 0.3) is 0 Å². The topological polar surface area (TPSA) is 87.0 Å². The van der Waals surface area contributed by atoms with Gasteiger partial charge in [0.05, 0.1) is 12.2 Å². The van der Waals surface area contributed by atoms with E-state index >= 15 is 0 Å². The predicted molar refractivity (Wildman–Crippen MR) is 112 cm³/mol. The Hall–Kier alpha value is -1.17. The molecule has 0 aromatic rings. The number of hydrogen-bond acceptors (Lipinski definition) is 4. The fraction of sp³-hybridized carbons (Fsp3) is 0.792. The molecule has 0 amide bonds. The van der Waals surface area contributed by atoms with E-state index in [1.54, 1.807) is 0 Å². The summed E-state index contributed by atoms with van der Waals surface area (Å²) in [5.74, 6) is 0.664. The molecule has 3 aliphatic rings. The molecule has 5 nitrogen and oxygen atoms in total. The third-order valence-electron chi connectivity index (χ3n) is 8.21. The number of aliphatic hydroxyl groups excluding tert-OH is 2. The van der Waals surface area contributed by atoms with Crippen LogP contribution in [-0.2, 0) is 9.53 Å².